The maximum absolute atomic E-state index is 12.9. The Kier molecular flexibility index (Phi) is 5.81. The van der Waals surface area contributed by atoms with Crippen molar-refractivity contribution in [2.75, 3.05) is 20.2 Å². The van der Waals surface area contributed by atoms with Crippen molar-refractivity contribution >= 4 is 39.7 Å². The maximum Gasteiger partial charge on any atom is 0.255 e. The first-order valence-corrected chi connectivity index (χ1v) is 8.12. The highest BCUT2D eigenvalue weighted by atomic mass is 35.5. The summed E-state index contributed by atoms with van der Waals surface area (Å²) in [7, 11) is 1.72. The van der Waals surface area contributed by atoms with Gasteiger partial charge in [-0.25, -0.2) is 0 Å². The van der Waals surface area contributed by atoms with E-state index in [4.69, 9.17) is 10.5 Å². The van der Waals surface area contributed by atoms with E-state index < -0.39 is 0 Å². The minimum atomic E-state index is 0. The number of likely N-dealkylation sites (tertiary alicyclic amines) is 1. The molecule has 1 saturated heterocycles. The molecule has 1 amide bonds. The molecular weight excluding hydrogens is 320 g/mol. The fourth-order valence-corrected chi connectivity index (χ4v) is 3.95. The van der Waals surface area contributed by atoms with Crippen molar-refractivity contribution in [2.45, 2.75) is 25.0 Å². The molecule has 1 aromatic heterocycles. The number of amides is 1. The lowest BCUT2D eigenvalue weighted by molar-refractivity contribution is 0.0140. The van der Waals surface area contributed by atoms with Crippen LogP contribution in [0.2, 0.25) is 0 Å². The second-order valence-corrected chi connectivity index (χ2v) is 6.33. The molecule has 0 aliphatic carbocycles. The summed E-state index contributed by atoms with van der Waals surface area (Å²) in [5.74, 6) is 0.0949. The van der Waals surface area contributed by atoms with Crippen LogP contribution in [0.25, 0.3) is 10.1 Å². The Hall–Kier alpha value is -1.14. The number of piperidine rings is 1. The predicted molar refractivity (Wildman–Crippen MR) is 93.0 cm³/mol. The second kappa shape index (κ2) is 7.42. The van der Waals surface area contributed by atoms with Crippen molar-refractivity contribution in [3.8, 4) is 0 Å². The molecule has 1 aliphatic heterocycles. The van der Waals surface area contributed by atoms with Gasteiger partial charge in [-0.05, 0) is 18.9 Å². The summed E-state index contributed by atoms with van der Waals surface area (Å²) in [5.41, 5.74) is 6.66. The Labute approximate surface area is 140 Å². The zero-order valence-electron chi connectivity index (χ0n) is 12.5. The molecule has 0 bridgehead atoms. The molecule has 2 atom stereocenters. The first kappa shape index (κ1) is 17.2. The smallest absolute Gasteiger partial charge is 0.255 e. The van der Waals surface area contributed by atoms with Crippen molar-refractivity contribution in [3.63, 3.8) is 0 Å². The summed E-state index contributed by atoms with van der Waals surface area (Å²) < 4.78 is 6.57. The average Bonchev–Trinajstić information content (AvgIpc) is 2.97. The highest BCUT2D eigenvalue weighted by molar-refractivity contribution is 7.17. The van der Waals surface area contributed by atoms with Crippen LogP contribution in [0.4, 0.5) is 0 Å². The SMILES string of the molecule is COC1CCN(C(=O)c2csc3ccccc23)C(CN)C1.Cl. The fourth-order valence-electron chi connectivity index (χ4n) is 3.02. The Morgan fingerprint density at radius 3 is 2.95 bits per heavy atom. The quantitative estimate of drug-likeness (QED) is 0.934. The highest BCUT2D eigenvalue weighted by Crippen LogP contribution is 2.29. The summed E-state index contributed by atoms with van der Waals surface area (Å²) in [6, 6.07) is 8.10. The molecule has 1 aliphatic rings. The van der Waals surface area contributed by atoms with Gasteiger partial charge in [0.1, 0.15) is 0 Å². The molecule has 2 unspecified atom stereocenters. The van der Waals surface area contributed by atoms with Gasteiger partial charge in [-0.2, -0.15) is 0 Å². The van der Waals surface area contributed by atoms with Gasteiger partial charge in [-0.1, -0.05) is 18.2 Å². The number of halogens is 1. The number of nitrogens with zero attached hydrogens (tertiary/aromatic N) is 1. The van der Waals surface area contributed by atoms with Gasteiger partial charge >= 0.3 is 0 Å². The number of ether oxygens (including phenoxy) is 1. The molecule has 1 fully saturated rings. The molecular formula is C16H21ClN2O2S. The number of nitrogens with two attached hydrogens (primary N) is 1. The molecule has 1 aromatic carbocycles. The van der Waals surface area contributed by atoms with Crippen molar-refractivity contribution in [1.29, 1.82) is 0 Å². The topological polar surface area (TPSA) is 55.6 Å². The largest absolute Gasteiger partial charge is 0.381 e. The third kappa shape index (κ3) is 3.13. The van der Waals surface area contributed by atoms with Gasteiger partial charge in [0.15, 0.2) is 0 Å². The van der Waals surface area contributed by atoms with Crippen LogP contribution < -0.4 is 5.73 Å². The Bertz CT molecular complexity index is 646. The summed E-state index contributed by atoms with van der Waals surface area (Å²) in [5, 5.41) is 3.00. The van der Waals surface area contributed by atoms with E-state index >= 15 is 0 Å². The molecule has 0 saturated carbocycles. The van der Waals surface area contributed by atoms with E-state index in [1.54, 1.807) is 18.4 Å². The van der Waals surface area contributed by atoms with Crippen LogP contribution in [0, 0.1) is 0 Å². The summed E-state index contributed by atoms with van der Waals surface area (Å²) in [6.07, 6.45) is 1.91. The van der Waals surface area contributed by atoms with E-state index in [1.165, 1.54) is 0 Å². The average molecular weight is 341 g/mol. The van der Waals surface area contributed by atoms with Crippen molar-refractivity contribution in [1.82, 2.24) is 4.90 Å². The Morgan fingerprint density at radius 2 is 2.23 bits per heavy atom. The first-order chi connectivity index (χ1) is 10.2. The van der Waals surface area contributed by atoms with Crippen LogP contribution >= 0.6 is 23.7 Å². The normalized spacial score (nSPS) is 21.6. The zero-order chi connectivity index (χ0) is 14.8. The van der Waals surface area contributed by atoms with Gasteiger partial charge in [-0.3, -0.25) is 4.79 Å². The number of rotatable bonds is 3. The number of fused-ring (bicyclic) bond motifs is 1. The van der Waals surface area contributed by atoms with Gasteiger partial charge in [0, 0.05) is 41.7 Å². The molecule has 0 radical (unpaired) electrons. The number of methoxy groups -OCH3 is 1. The van der Waals surface area contributed by atoms with Gasteiger partial charge in [-0.15, -0.1) is 23.7 Å². The lowest BCUT2D eigenvalue weighted by Crippen LogP contribution is -2.51. The van der Waals surface area contributed by atoms with Crippen LogP contribution in [0.15, 0.2) is 29.6 Å². The zero-order valence-corrected chi connectivity index (χ0v) is 14.2. The van der Waals surface area contributed by atoms with Gasteiger partial charge in [0.25, 0.3) is 5.91 Å². The van der Waals surface area contributed by atoms with Crippen LogP contribution in [0.1, 0.15) is 23.2 Å². The third-order valence-corrected chi connectivity index (χ3v) is 5.21. The Morgan fingerprint density at radius 1 is 1.45 bits per heavy atom. The number of hydrogen-bond donors (Lipinski definition) is 1. The van der Waals surface area contributed by atoms with Crippen LogP contribution in [-0.4, -0.2) is 43.2 Å². The standard InChI is InChI=1S/C16H20N2O2S.ClH/c1-20-12-6-7-18(11(8-12)9-17)16(19)14-10-21-15-5-3-2-4-13(14)15;/h2-5,10-12H,6-9,17H2,1H3;1H. The predicted octanol–water partition coefficient (Wildman–Crippen LogP) is 2.90. The van der Waals surface area contributed by atoms with Crippen molar-refractivity contribution in [3.05, 3.63) is 35.2 Å². The van der Waals surface area contributed by atoms with E-state index in [9.17, 15) is 4.79 Å². The third-order valence-electron chi connectivity index (χ3n) is 4.25. The second-order valence-electron chi connectivity index (χ2n) is 5.42. The minimum Gasteiger partial charge on any atom is -0.381 e. The van der Waals surface area contributed by atoms with Crippen LogP contribution in [0.3, 0.4) is 0 Å². The van der Waals surface area contributed by atoms with E-state index in [-0.39, 0.29) is 30.5 Å². The number of carbonyl (C=O) groups is 1. The minimum absolute atomic E-state index is 0. The molecule has 3 rings (SSSR count). The molecule has 6 heteroatoms. The Balaban J connectivity index is 0.00000176. The monoisotopic (exact) mass is 340 g/mol. The molecule has 2 N–H and O–H groups in total. The van der Waals surface area contributed by atoms with E-state index in [0.717, 1.165) is 28.5 Å². The molecule has 0 spiro atoms. The van der Waals surface area contributed by atoms with Crippen molar-refractivity contribution in [2.24, 2.45) is 5.73 Å². The lowest BCUT2D eigenvalue weighted by Gasteiger charge is -2.38. The number of thiophene rings is 1. The van der Waals surface area contributed by atoms with Crippen LogP contribution in [-0.2, 0) is 4.74 Å². The fraction of sp³-hybridized carbons (Fsp3) is 0.438. The molecule has 4 nitrogen and oxygen atoms in total. The summed E-state index contributed by atoms with van der Waals surface area (Å²) >= 11 is 1.62. The maximum atomic E-state index is 12.9. The van der Waals surface area contributed by atoms with Gasteiger partial charge in [0.2, 0.25) is 0 Å². The first-order valence-electron chi connectivity index (χ1n) is 7.24. The molecule has 2 heterocycles. The van der Waals surface area contributed by atoms with Crippen LogP contribution in [0.5, 0.6) is 0 Å². The van der Waals surface area contributed by atoms with E-state index in [2.05, 4.69) is 0 Å². The number of benzene rings is 1. The molecule has 22 heavy (non-hydrogen) atoms. The van der Waals surface area contributed by atoms with E-state index in [0.29, 0.717) is 13.1 Å². The highest BCUT2D eigenvalue weighted by Gasteiger charge is 2.32. The number of carbonyl (C=O) groups excluding carboxylic acids is 1. The van der Waals surface area contributed by atoms with E-state index in [1.807, 2.05) is 34.5 Å². The summed E-state index contributed by atoms with van der Waals surface area (Å²) in [4.78, 5) is 14.8. The molecule has 120 valence electrons. The van der Waals surface area contributed by atoms with Crippen molar-refractivity contribution < 1.29 is 9.53 Å². The van der Waals surface area contributed by atoms with Gasteiger partial charge < -0.3 is 15.4 Å². The van der Waals surface area contributed by atoms with Gasteiger partial charge in [0.05, 0.1) is 11.7 Å². The number of hydrogen-bond acceptors (Lipinski definition) is 4. The summed E-state index contributed by atoms with van der Waals surface area (Å²) in [6.45, 7) is 1.19. The lowest BCUT2D eigenvalue weighted by atomic mass is 9.98. The molecule has 2 aromatic rings.